The first-order valence-corrected chi connectivity index (χ1v) is 8.26. The number of hydrogen-bond donors (Lipinski definition) is 1. The number of halogens is 1. The second kappa shape index (κ2) is 7.37. The normalized spacial score (nSPS) is 25.8. The van der Waals surface area contributed by atoms with Crippen molar-refractivity contribution in [3.63, 3.8) is 0 Å². The molecule has 1 aromatic carbocycles. The maximum Gasteiger partial charge on any atom is 0.123 e. The summed E-state index contributed by atoms with van der Waals surface area (Å²) in [6.45, 7) is 4.47. The zero-order chi connectivity index (χ0) is 15.4. The lowest BCUT2D eigenvalue weighted by Crippen LogP contribution is -2.45. The van der Waals surface area contributed by atoms with Gasteiger partial charge in [0, 0.05) is 18.1 Å². The van der Waals surface area contributed by atoms with E-state index in [-0.39, 0.29) is 17.9 Å². The van der Waals surface area contributed by atoms with Crippen LogP contribution in [0, 0.1) is 11.7 Å². The fourth-order valence-electron chi connectivity index (χ4n) is 3.51. The average molecular weight is 292 g/mol. The molecule has 2 N–H and O–H groups in total. The van der Waals surface area contributed by atoms with Gasteiger partial charge in [0.25, 0.3) is 0 Å². The van der Waals surface area contributed by atoms with Crippen LogP contribution in [0.25, 0.3) is 0 Å². The fourth-order valence-corrected chi connectivity index (χ4v) is 3.51. The molecule has 0 bridgehead atoms. The highest BCUT2D eigenvalue weighted by Gasteiger charge is 2.28. The van der Waals surface area contributed by atoms with Crippen molar-refractivity contribution in [3.05, 3.63) is 35.6 Å². The van der Waals surface area contributed by atoms with E-state index in [1.165, 1.54) is 44.2 Å². The Labute approximate surface area is 128 Å². The maximum absolute atomic E-state index is 13.0. The van der Waals surface area contributed by atoms with Crippen molar-refractivity contribution in [2.75, 3.05) is 7.05 Å². The Morgan fingerprint density at radius 1 is 1.19 bits per heavy atom. The van der Waals surface area contributed by atoms with Gasteiger partial charge < -0.3 is 5.73 Å². The van der Waals surface area contributed by atoms with Crippen molar-refractivity contribution in [1.82, 2.24) is 4.90 Å². The van der Waals surface area contributed by atoms with Crippen LogP contribution in [0.3, 0.4) is 0 Å². The van der Waals surface area contributed by atoms with Gasteiger partial charge in [0.05, 0.1) is 0 Å². The third kappa shape index (κ3) is 4.04. The van der Waals surface area contributed by atoms with Crippen LogP contribution < -0.4 is 5.73 Å². The van der Waals surface area contributed by atoms with E-state index in [0.717, 1.165) is 11.5 Å². The number of benzene rings is 1. The van der Waals surface area contributed by atoms with Gasteiger partial charge in [-0.2, -0.15) is 0 Å². The highest BCUT2D eigenvalue weighted by molar-refractivity contribution is 5.21. The first-order valence-electron chi connectivity index (χ1n) is 8.26. The van der Waals surface area contributed by atoms with Crippen LogP contribution >= 0.6 is 0 Å². The topological polar surface area (TPSA) is 29.3 Å². The molecule has 0 amide bonds. The van der Waals surface area contributed by atoms with Gasteiger partial charge >= 0.3 is 0 Å². The zero-order valence-corrected chi connectivity index (χ0v) is 13.6. The molecule has 0 aliphatic heterocycles. The van der Waals surface area contributed by atoms with Crippen LogP contribution in [0.2, 0.25) is 0 Å². The smallest absolute Gasteiger partial charge is 0.123 e. The third-order valence-corrected chi connectivity index (χ3v) is 5.39. The highest BCUT2D eigenvalue weighted by Crippen LogP contribution is 2.31. The van der Waals surface area contributed by atoms with E-state index in [1.807, 2.05) is 0 Å². The predicted molar refractivity (Wildman–Crippen MR) is 86.6 cm³/mol. The van der Waals surface area contributed by atoms with Crippen LogP contribution in [0.1, 0.15) is 57.6 Å². The first-order chi connectivity index (χ1) is 10.0. The van der Waals surface area contributed by atoms with Crippen LogP contribution in [-0.2, 0) is 0 Å². The summed E-state index contributed by atoms with van der Waals surface area (Å²) in [7, 11) is 2.19. The Bertz CT molecular complexity index is 423. The molecule has 21 heavy (non-hydrogen) atoms. The lowest BCUT2D eigenvalue weighted by Gasteiger charge is -2.40. The van der Waals surface area contributed by atoms with Crippen molar-refractivity contribution >= 4 is 0 Å². The van der Waals surface area contributed by atoms with Gasteiger partial charge in [-0.15, -0.1) is 0 Å². The Morgan fingerprint density at radius 2 is 1.76 bits per heavy atom. The molecule has 0 radical (unpaired) electrons. The number of likely N-dealkylation sites (N-methyl/N-ethyl adjacent to an activating group) is 1. The summed E-state index contributed by atoms with van der Waals surface area (Å²) in [6, 6.07) is 7.42. The summed E-state index contributed by atoms with van der Waals surface area (Å²) in [6.07, 6.45) is 6.53. The molecule has 0 aromatic heterocycles. The lowest BCUT2D eigenvalue weighted by molar-refractivity contribution is 0.113. The van der Waals surface area contributed by atoms with Gasteiger partial charge in [-0.3, -0.25) is 4.90 Å². The van der Waals surface area contributed by atoms with Gasteiger partial charge in [0.1, 0.15) is 5.82 Å². The number of rotatable bonds is 5. The Hall–Kier alpha value is -0.930. The minimum atomic E-state index is -0.204. The second-order valence-corrected chi connectivity index (χ2v) is 6.57. The molecule has 0 heterocycles. The maximum atomic E-state index is 13.0. The van der Waals surface area contributed by atoms with Gasteiger partial charge in [0.2, 0.25) is 0 Å². The molecule has 1 aliphatic rings. The Balaban J connectivity index is 1.95. The molecule has 1 aromatic rings. The first kappa shape index (κ1) is 16.4. The molecule has 0 saturated heterocycles. The summed E-state index contributed by atoms with van der Waals surface area (Å²) < 4.78 is 13.0. The average Bonchev–Trinajstić information content (AvgIpc) is 2.53. The molecular weight excluding hydrogens is 263 g/mol. The molecule has 2 nitrogen and oxygen atoms in total. The summed E-state index contributed by atoms with van der Waals surface area (Å²) in [5.41, 5.74) is 7.40. The zero-order valence-electron chi connectivity index (χ0n) is 13.6. The van der Waals surface area contributed by atoms with Crippen LogP contribution in [0.15, 0.2) is 24.3 Å². The molecule has 2 unspecified atom stereocenters. The van der Waals surface area contributed by atoms with Crippen molar-refractivity contribution in [3.8, 4) is 0 Å². The van der Waals surface area contributed by atoms with E-state index in [4.69, 9.17) is 5.73 Å². The Morgan fingerprint density at radius 3 is 2.29 bits per heavy atom. The SMILES string of the molecule is CCC1CCC(N(C)C(C)C(N)c2ccc(F)cc2)CC1. The third-order valence-electron chi connectivity index (χ3n) is 5.39. The molecule has 118 valence electrons. The molecule has 1 saturated carbocycles. The van der Waals surface area contributed by atoms with Gasteiger partial charge in [-0.25, -0.2) is 4.39 Å². The van der Waals surface area contributed by atoms with Gasteiger partial charge in [0.15, 0.2) is 0 Å². The van der Waals surface area contributed by atoms with Crippen molar-refractivity contribution < 1.29 is 4.39 Å². The minimum absolute atomic E-state index is 0.0699. The number of nitrogens with zero attached hydrogens (tertiary/aromatic N) is 1. The molecule has 2 rings (SSSR count). The van der Waals surface area contributed by atoms with Gasteiger partial charge in [-0.05, 0) is 63.3 Å². The van der Waals surface area contributed by atoms with E-state index < -0.39 is 0 Å². The van der Waals surface area contributed by atoms with E-state index in [0.29, 0.717) is 6.04 Å². The predicted octanol–water partition coefficient (Wildman–Crippen LogP) is 4.11. The molecule has 1 fully saturated rings. The highest BCUT2D eigenvalue weighted by atomic mass is 19.1. The quantitative estimate of drug-likeness (QED) is 0.884. The van der Waals surface area contributed by atoms with Crippen molar-refractivity contribution in [2.45, 2.75) is 64.1 Å². The van der Waals surface area contributed by atoms with E-state index in [2.05, 4.69) is 25.8 Å². The fraction of sp³-hybridized carbons (Fsp3) is 0.667. The Kier molecular flexibility index (Phi) is 5.77. The molecule has 2 atom stereocenters. The largest absolute Gasteiger partial charge is 0.323 e. The molecule has 3 heteroatoms. The lowest BCUT2D eigenvalue weighted by atomic mass is 9.83. The van der Waals surface area contributed by atoms with E-state index in [1.54, 1.807) is 12.1 Å². The molecular formula is C18H29FN2. The molecule has 0 spiro atoms. The van der Waals surface area contributed by atoms with Gasteiger partial charge in [-0.1, -0.05) is 25.5 Å². The monoisotopic (exact) mass is 292 g/mol. The number of hydrogen-bond acceptors (Lipinski definition) is 2. The summed E-state index contributed by atoms with van der Waals surface area (Å²) in [5, 5.41) is 0. The van der Waals surface area contributed by atoms with Crippen LogP contribution in [0.5, 0.6) is 0 Å². The van der Waals surface area contributed by atoms with Crippen LogP contribution in [-0.4, -0.2) is 24.0 Å². The summed E-state index contributed by atoms with van der Waals surface area (Å²) in [5.74, 6) is 0.709. The minimum Gasteiger partial charge on any atom is -0.323 e. The van der Waals surface area contributed by atoms with E-state index in [9.17, 15) is 4.39 Å². The standard InChI is InChI=1S/C18H29FN2/c1-4-14-5-11-17(12-6-14)21(3)13(2)18(20)15-7-9-16(19)10-8-15/h7-10,13-14,17-18H,4-6,11-12,20H2,1-3H3. The van der Waals surface area contributed by atoms with Crippen molar-refractivity contribution in [2.24, 2.45) is 11.7 Å². The van der Waals surface area contributed by atoms with E-state index >= 15 is 0 Å². The number of nitrogens with two attached hydrogens (primary N) is 1. The van der Waals surface area contributed by atoms with Crippen molar-refractivity contribution in [1.29, 1.82) is 0 Å². The summed E-state index contributed by atoms with van der Waals surface area (Å²) in [4.78, 5) is 2.43. The molecule has 1 aliphatic carbocycles. The second-order valence-electron chi connectivity index (χ2n) is 6.57. The van der Waals surface area contributed by atoms with Crippen LogP contribution in [0.4, 0.5) is 4.39 Å². The summed E-state index contributed by atoms with van der Waals surface area (Å²) >= 11 is 0.